The maximum Gasteiger partial charge on any atom is 0.164 e. The predicted octanol–water partition coefficient (Wildman–Crippen LogP) is 6.81. The second-order valence-corrected chi connectivity index (χ2v) is 9.08. The van der Waals surface area contributed by atoms with E-state index in [1.165, 1.54) is 0 Å². The summed E-state index contributed by atoms with van der Waals surface area (Å²) in [6.07, 6.45) is 7.53. The van der Waals surface area contributed by atoms with Gasteiger partial charge in [0.15, 0.2) is 17.5 Å². The molecule has 0 saturated carbocycles. The lowest BCUT2D eigenvalue weighted by atomic mass is 10.0. The van der Waals surface area contributed by atoms with Gasteiger partial charge in [0.05, 0.1) is 28.9 Å². The van der Waals surface area contributed by atoms with E-state index in [1.54, 1.807) is 0 Å². The van der Waals surface area contributed by atoms with Crippen LogP contribution in [0.5, 0.6) is 0 Å². The molecule has 5 aromatic heterocycles. The summed E-state index contributed by atoms with van der Waals surface area (Å²) in [4.78, 5) is 23.6. The third kappa shape index (κ3) is 2.96. The number of fused-ring (bicyclic) bond motifs is 6. The van der Waals surface area contributed by atoms with Crippen molar-refractivity contribution in [2.24, 2.45) is 0 Å². The molecule has 0 bridgehead atoms. The number of rotatable bonds is 3. The molecule has 0 saturated heterocycles. The summed E-state index contributed by atoms with van der Waals surface area (Å²) < 4.78 is 2.26. The molecule has 3 aromatic carbocycles. The van der Waals surface area contributed by atoms with Crippen LogP contribution in [-0.4, -0.2) is 29.3 Å². The second-order valence-electron chi connectivity index (χ2n) is 9.08. The molecule has 0 aliphatic rings. The molecule has 0 aliphatic heterocycles. The third-order valence-electron chi connectivity index (χ3n) is 6.95. The summed E-state index contributed by atoms with van der Waals surface area (Å²) in [5, 5.41) is 4.57. The Morgan fingerprint density at radius 2 is 0.919 bits per heavy atom. The van der Waals surface area contributed by atoms with Crippen LogP contribution in [0.2, 0.25) is 0 Å². The van der Waals surface area contributed by atoms with Crippen molar-refractivity contribution in [3.63, 3.8) is 0 Å². The highest BCUT2D eigenvalue weighted by atomic mass is 15.0. The minimum Gasteiger partial charge on any atom is -0.305 e. The maximum atomic E-state index is 4.97. The molecular weight excluding hydrogens is 456 g/mol. The minimum absolute atomic E-state index is 0.642. The van der Waals surface area contributed by atoms with E-state index in [2.05, 4.69) is 38.6 Å². The fourth-order valence-electron chi connectivity index (χ4n) is 5.31. The molecule has 0 amide bonds. The highest BCUT2D eigenvalue weighted by Crippen LogP contribution is 2.40. The van der Waals surface area contributed by atoms with Gasteiger partial charge in [-0.15, -0.1) is 0 Å². The number of hydrogen-bond donors (Lipinski definition) is 0. The summed E-state index contributed by atoms with van der Waals surface area (Å²) >= 11 is 0. The highest BCUT2D eigenvalue weighted by Gasteiger charge is 2.20. The Hall–Kier alpha value is -5.23. The number of benzene rings is 3. The van der Waals surface area contributed by atoms with Crippen LogP contribution in [0, 0.1) is 0 Å². The lowest BCUT2D eigenvalue weighted by Gasteiger charge is -2.09. The Morgan fingerprint density at radius 1 is 0.459 bits per heavy atom. The van der Waals surface area contributed by atoms with E-state index in [1.807, 2.05) is 85.5 Å². The van der Waals surface area contributed by atoms with Crippen molar-refractivity contribution in [1.82, 2.24) is 29.3 Å². The third-order valence-corrected chi connectivity index (χ3v) is 6.95. The second kappa shape index (κ2) is 7.63. The first-order valence-corrected chi connectivity index (χ1v) is 12.1. The van der Waals surface area contributed by atoms with Crippen molar-refractivity contribution >= 4 is 38.1 Å². The van der Waals surface area contributed by atoms with E-state index in [0.717, 1.165) is 54.8 Å². The Bertz CT molecular complexity index is 1940. The van der Waals surface area contributed by atoms with Gasteiger partial charge in [-0.1, -0.05) is 60.7 Å². The van der Waals surface area contributed by atoms with Crippen LogP contribution in [0.3, 0.4) is 0 Å². The Morgan fingerprint density at radius 3 is 1.41 bits per heavy atom. The lowest BCUT2D eigenvalue weighted by molar-refractivity contribution is 1.07. The summed E-state index contributed by atoms with van der Waals surface area (Å²) in [6.45, 7) is 0. The van der Waals surface area contributed by atoms with Gasteiger partial charge in [0.25, 0.3) is 0 Å². The number of nitrogens with zero attached hydrogens (tertiary/aromatic N) is 6. The fraction of sp³-hybridized carbons (Fsp3) is 0. The monoisotopic (exact) mass is 474 g/mol. The molecule has 0 aliphatic carbocycles. The van der Waals surface area contributed by atoms with Crippen molar-refractivity contribution in [3.8, 4) is 34.2 Å². The SMILES string of the molecule is c1ccc(-c2nc(-c3ccccc3)nc(-c3cc4c5ccncc5n5c6cnccc6c(c3)c45)n2)cc1. The Labute approximate surface area is 211 Å². The van der Waals surface area contributed by atoms with Gasteiger partial charge in [0, 0.05) is 50.6 Å². The zero-order valence-corrected chi connectivity index (χ0v) is 19.6. The average Bonchev–Trinajstić information content (AvgIpc) is 3.49. The molecule has 6 nitrogen and oxygen atoms in total. The van der Waals surface area contributed by atoms with Gasteiger partial charge >= 0.3 is 0 Å². The summed E-state index contributed by atoms with van der Waals surface area (Å²) in [6, 6.07) is 28.6. The first-order chi connectivity index (χ1) is 18.3. The normalized spacial score (nSPS) is 11.8. The molecule has 6 heteroatoms. The first-order valence-electron chi connectivity index (χ1n) is 12.1. The highest BCUT2D eigenvalue weighted by molar-refractivity contribution is 6.24. The molecule has 172 valence electrons. The van der Waals surface area contributed by atoms with E-state index < -0.39 is 0 Å². The zero-order chi connectivity index (χ0) is 24.3. The summed E-state index contributed by atoms with van der Waals surface area (Å²) in [7, 11) is 0. The van der Waals surface area contributed by atoms with Crippen molar-refractivity contribution < 1.29 is 0 Å². The topological polar surface area (TPSA) is 68.9 Å². The lowest BCUT2D eigenvalue weighted by Crippen LogP contribution is -2.00. The van der Waals surface area contributed by atoms with Crippen LogP contribution in [0.25, 0.3) is 72.3 Å². The largest absolute Gasteiger partial charge is 0.305 e. The average molecular weight is 475 g/mol. The van der Waals surface area contributed by atoms with Crippen LogP contribution in [0.1, 0.15) is 0 Å². The molecule has 37 heavy (non-hydrogen) atoms. The molecule has 8 rings (SSSR count). The standard InChI is InChI=1S/C31H18N6/c1-3-7-19(8-4-1)29-34-30(20-9-5-2-6-10-20)36-31(35-29)21-15-24-22-11-13-32-17-26(22)37-27-18-33-14-12-23(27)25(16-21)28(24)37/h1-18H. The molecule has 0 atom stereocenters. The molecule has 0 spiro atoms. The zero-order valence-electron chi connectivity index (χ0n) is 19.6. The van der Waals surface area contributed by atoms with Gasteiger partial charge in [0.1, 0.15) is 0 Å². The molecular formula is C31H18N6. The molecule has 0 unspecified atom stereocenters. The van der Waals surface area contributed by atoms with Gasteiger partial charge < -0.3 is 4.40 Å². The van der Waals surface area contributed by atoms with Crippen LogP contribution in [0.4, 0.5) is 0 Å². The quantitative estimate of drug-likeness (QED) is 0.281. The first kappa shape index (κ1) is 20.0. The van der Waals surface area contributed by atoms with Crippen LogP contribution < -0.4 is 0 Å². The smallest absolute Gasteiger partial charge is 0.164 e. The van der Waals surface area contributed by atoms with E-state index in [-0.39, 0.29) is 0 Å². The molecule has 8 aromatic rings. The number of aromatic nitrogens is 6. The molecule has 0 radical (unpaired) electrons. The van der Waals surface area contributed by atoms with Gasteiger partial charge in [0.2, 0.25) is 0 Å². The van der Waals surface area contributed by atoms with Crippen LogP contribution >= 0.6 is 0 Å². The maximum absolute atomic E-state index is 4.97. The molecule has 5 heterocycles. The van der Waals surface area contributed by atoms with Gasteiger partial charge in [-0.3, -0.25) is 9.97 Å². The molecule has 0 fully saturated rings. The van der Waals surface area contributed by atoms with Gasteiger partial charge in [-0.05, 0) is 24.3 Å². The van der Waals surface area contributed by atoms with Crippen molar-refractivity contribution in [2.45, 2.75) is 0 Å². The Balaban J connectivity index is 1.47. The van der Waals surface area contributed by atoms with E-state index in [9.17, 15) is 0 Å². The van der Waals surface area contributed by atoms with E-state index >= 15 is 0 Å². The predicted molar refractivity (Wildman–Crippen MR) is 146 cm³/mol. The molecule has 0 N–H and O–H groups in total. The van der Waals surface area contributed by atoms with Crippen LogP contribution in [0.15, 0.2) is 110 Å². The summed E-state index contributed by atoms with van der Waals surface area (Å²) in [5.74, 6) is 1.94. The number of hydrogen-bond acceptors (Lipinski definition) is 5. The van der Waals surface area contributed by atoms with E-state index in [0.29, 0.717) is 17.5 Å². The number of pyridine rings is 2. The van der Waals surface area contributed by atoms with Crippen molar-refractivity contribution in [3.05, 3.63) is 110 Å². The van der Waals surface area contributed by atoms with Gasteiger partial charge in [-0.2, -0.15) is 0 Å². The van der Waals surface area contributed by atoms with Crippen molar-refractivity contribution in [1.29, 1.82) is 0 Å². The Kier molecular flexibility index (Phi) is 4.13. The van der Waals surface area contributed by atoms with E-state index in [4.69, 9.17) is 15.0 Å². The fourth-order valence-corrected chi connectivity index (χ4v) is 5.31. The van der Waals surface area contributed by atoms with Gasteiger partial charge in [-0.25, -0.2) is 15.0 Å². The van der Waals surface area contributed by atoms with Crippen molar-refractivity contribution in [2.75, 3.05) is 0 Å². The van der Waals surface area contributed by atoms with Crippen LogP contribution in [-0.2, 0) is 0 Å². The minimum atomic E-state index is 0.642. The summed E-state index contributed by atoms with van der Waals surface area (Å²) in [5.41, 5.74) is 6.14.